The molecule has 1 N–H and O–H groups in total. The van der Waals surface area contributed by atoms with E-state index in [0.29, 0.717) is 0 Å². The van der Waals surface area contributed by atoms with E-state index in [0.717, 1.165) is 18.5 Å². The van der Waals surface area contributed by atoms with Gasteiger partial charge in [0.25, 0.3) is 0 Å². The third-order valence-electron chi connectivity index (χ3n) is 2.10. The first kappa shape index (κ1) is 10.3. The van der Waals surface area contributed by atoms with Crippen molar-refractivity contribution in [1.82, 2.24) is 0 Å². The zero-order chi connectivity index (χ0) is 8.91. The minimum Gasteiger partial charge on any atom is -0.205 e. The monoisotopic (exact) mass is 154 g/mol. The van der Waals surface area contributed by atoms with Gasteiger partial charge in [-0.25, -0.2) is 5.53 Å². The lowest BCUT2D eigenvalue weighted by atomic mass is 9.86. The standard InChI is InChI=1S/C9H18N2/c1-5-7-8(11-10)9(3,4)6-2/h7,10H,5-6H2,1-4H3/b8-7+,11-10?. The van der Waals surface area contributed by atoms with Gasteiger partial charge in [-0.1, -0.05) is 33.8 Å². The molecule has 0 rings (SSSR count). The molecule has 0 fully saturated rings. The van der Waals surface area contributed by atoms with Crippen LogP contribution in [0.5, 0.6) is 0 Å². The molecule has 11 heavy (non-hydrogen) atoms. The van der Waals surface area contributed by atoms with Crippen LogP contribution in [0, 0.1) is 10.9 Å². The topological polar surface area (TPSA) is 36.2 Å². The summed E-state index contributed by atoms with van der Waals surface area (Å²) in [4.78, 5) is 0. The summed E-state index contributed by atoms with van der Waals surface area (Å²) >= 11 is 0. The van der Waals surface area contributed by atoms with Crippen LogP contribution in [0.4, 0.5) is 0 Å². The SMILES string of the molecule is CC/C=C(/N=N)C(C)(C)CC. The Hall–Kier alpha value is -0.660. The molecule has 0 atom stereocenters. The molecule has 0 bridgehead atoms. The highest BCUT2D eigenvalue weighted by Gasteiger charge is 2.19. The fraction of sp³-hybridized carbons (Fsp3) is 0.778. The first-order chi connectivity index (χ1) is 5.08. The van der Waals surface area contributed by atoms with E-state index in [-0.39, 0.29) is 5.41 Å². The molecule has 0 aromatic carbocycles. The molecule has 0 aliphatic rings. The molecule has 0 saturated heterocycles. The van der Waals surface area contributed by atoms with Crippen LogP contribution in [-0.2, 0) is 0 Å². The highest BCUT2D eigenvalue weighted by atomic mass is 15.0. The van der Waals surface area contributed by atoms with Crippen LogP contribution in [0.15, 0.2) is 16.9 Å². The van der Waals surface area contributed by atoms with Gasteiger partial charge in [-0.15, -0.1) is 0 Å². The summed E-state index contributed by atoms with van der Waals surface area (Å²) in [7, 11) is 0. The highest BCUT2D eigenvalue weighted by molar-refractivity contribution is 5.08. The second-order valence-corrected chi connectivity index (χ2v) is 3.35. The van der Waals surface area contributed by atoms with E-state index in [2.05, 4.69) is 32.8 Å². The van der Waals surface area contributed by atoms with Gasteiger partial charge in [0, 0.05) is 5.41 Å². The van der Waals surface area contributed by atoms with Gasteiger partial charge in [0.1, 0.15) is 0 Å². The fourth-order valence-corrected chi connectivity index (χ4v) is 0.848. The molecule has 0 heterocycles. The normalized spacial score (nSPS) is 13.3. The molecule has 0 spiro atoms. The molecule has 2 nitrogen and oxygen atoms in total. The van der Waals surface area contributed by atoms with Crippen LogP contribution in [0.25, 0.3) is 0 Å². The Kier molecular flexibility index (Phi) is 4.01. The summed E-state index contributed by atoms with van der Waals surface area (Å²) in [6, 6.07) is 0. The molecule has 0 aromatic heterocycles. The summed E-state index contributed by atoms with van der Waals surface area (Å²) in [5.41, 5.74) is 7.95. The first-order valence-corrected chi connectivity index (χ1v) is 4.16. The molecule has 0 aliphatic heterocycles. The summed E-state index contributed by atoms with van der Waals surface area (Å²) in [6.45, 7) is 8.42. The van der Waals surface area contributed by atoms with Gasteiger partial charge in [0.15, 0.2) is 0 Å². The lowest BCUT2D eigenvalue weighted by Gasteiger charge is -2.21. The van der Waals surface area contributed by atoms with Gasteiger partial charge in [-0.3, -0.25) is 0 Å². The van der Waals surface area contributed by atoms with Crippen molar-refractivity contribution >= 4 is 0 Å². The molecule has 0 aromatic rings. The Morgan fingerprint density at radius 3 is 2.27 bits per heavy atom. The molecule has 0 aliphatic carbocycles. The molecular weight excluding hydrogens is 136 g/mol. The van der Waals surface area contributed by atoms with Gasteiger partial charge >= 0.3 is 0 Å². The molecule has 0 unspecified atom stereocenters. The summed E-state index contributed by atoms with van der Waals surface area (Å²) in [5, 5.41) is 3.53. The van der Waals surface area contributed by atoms with E-state index in [4.69, 9.17) is 5.53 Å². The van der Waals surface area contributed by atoms with Crippen molar-refractivity contribution in [2.24, 2.45) is 10.5 Å². The van der Waals surface area contributed by atoms with Crippen molar-refractivity contribution in [2.75, 3.05) is 0 Å². The van der Waals surface area contributed by atoms with Crippen molar-refractivity contribution < 1.29 is 0 Å². The highest BCUT2D eigenvalue weighted by Crippen LogP contribution is 2.30. The maximum absolute atomic E-state index is 6.98. The number of nitrogens with one attached hydrogen (secondary N) is 1. The molecular formula is C9H18N2. The zero-order valence-electron chi connectivity index (χ0n) is 7.94. The second kappa shape index (κ2) is 4.27. The third-order valence-corrected chi connectivity index (χ3v) is 2.10. The summed E-state index contributed by atoms with van der Waals surface area (Å²) < 4.78 is 0. The van der Waals surface area contributed by atoms with E-state index >= 15 is 0 Å². The van der Waals surface area contributed by atoms with Gasteiger partial charge < -0.3 is 0 Å². The van der Waals surface area contributed by atoms with E-state index < -0.39 is 0 Å². The Balaban J connectivity index is 4.49. The van der Waals surface area contributed by atoms with Crippen molar-refractivity contribution in [1.29, 1.82) is 5.53 Å². The Morgan fingerprint density at radius 1 is 1.45 bits per heavy atom. The molecule has 0 saturated carbocycles. The van der Waals surface area contributed by atoms with Crippen molar-refractivity contribution in [3.05, 3.63) is 11.8 Å². The first-order valence-electron chi connectivity index (χ1n) is 4.16. The van der Waals surface area contributed by atoms with Crippen molar-refractivity contribution in [2.45, 2.75) is 40.5 Å². The van der Waals surface area contributed by atoms with E-state index in [1.807, 2.05) is 6.08 Å². The lowest BCUT2D eigenvalue weighted by Crippen LogP contribution is -2.11. The zero-order valence-corrected chi connectivity index (χ0v) is 7.94. The predicted molar refractivity (Wildman–Crippen MR) is 47.6 cm³/mol. The molecule has 0 amide bonds. The number of nitrogens with zero attached hydrogens (tertiary/aromatic N) is 1. The van der Waals surface area contributed by atoms with Crippen molar-refractivity contribution in [3.63, 3.8) is 0 Å². The van der Waals surface area contributed by atoms with Crippen LogP contribution in [0.2, 0.25) is 0 Å². The average molecular weight is 154 g/mol. The van der Waals surface area contributed by atoms with Crippen LogP contribution in [0.1, 0.15) is 40.5 Å². The van der Waals surface area contributed by atoms with Crippen LogP contribution < -0.4 is 0 Å². The molecule has 0 radical (unpaired) electrons. The van der Waals surface area contributed by atoms with Gasteiger partial charge in [0.2, 0.25) is 0 Å². The maximum atomic E-state index is 6.98. The lowest BCUT2D eigenvalue weighted by molar-refractivity contribution is 0.417. The molecule has 2 heteroatoms. The molecule has 64 valence electrons. The maximum Gasteiger partial charge on any atom is 0.0639 e. The van der Waals surface area contributed by atoms with Crippen LogP contribution in [0.3, 0.4) is 0 Å². The number of allylic oxidation sites excluding steroid dienone is 2. The third kappa shape index (κ3) is 2.83. The number of rotatable bonds is 4. The Labute approximate surface area is 69.2 Å². The summed E-state index contributed by atoms with van der Waals surface area (Å²) in [6.07, 6.45) is 4.01. The van der Waals surface area contributed by atoms with Crippen LogP contribution in [-0.4, -0.2) is 0 Å². The van der Waals surface area contributed by atoms with E-state index in [1.165, 1.54) is 0 Å². The van der Waals surface area contributed by atoms with Gasteiger partial charge in [0.05, 0.1) is 5.70 Å². The number of hydrogen-bond donors (Lipinski definition) is 1. The second-order valence-electron chi connectivity index (χ2n) is 3.35. The van der Waals surface area contributed by atoms with Crippen LogP contribution >= 0.6 is 0 Å². The minimum absolute atomic E-state index is 0.0672. The van der Waals surface area contributed by atoms with Crippen molar-refractivity contribution in [3.8, 4) is 0 Å². The number of hydrogen-bond acceptors (Lipinski definition) is 2. The Morgan fingerprint density at radius 2 is 2.00 bits per heavy atom. The van der Waals surface area contributed by atoms with Gasteiger partial charge in [-0.2, -0.15) is 5.11 Å². The average Bonchev–Trinajstić information content (AvgIpc) is 2.00. The van der Waals surface area contributed by atoms with E-state index in [9.17, 15) is 0 Å². The minimum atomic E-state index is 0.0672. The fourth-order valence-electron chi connectivity index (χ4n) is 0.848. The smallest absolute Gasteiger partial charge is 0.0639 e. The summed E-state index contributed by atoms with van der Waals surface area (Å²) in [5.74, 6) is 0. The van der Waals surface area contributed by atoms with Gasteiger partial charge in [-0.05, 0) is 12.8 Å². The largest absolute Gasteiger partial charge is 0.205 e. The quantitative estimate of drug-likeness (QED) is 0.599. The van der Waals surface area contributed by atoms with E-state index in [1.54, 1.807) is 0 Å². The Bertz CT molecular complexity index is 157. The predicted octanol–water partition coefficient (Wildman–Crippen LogP) is 3.75.